The van der Waals surface area contributed by atoms with Crippen molar-refractivity contribution in [3.63, 3.8) is 0 Å². The van der Waals surface area contributed by atoms with E-state index in [0.717, 1.165) is 18.3 Å². The molecule has 0 aromatic carbocycles. The molecular formula is C18H35IN4O. The standard InChI is InChI=1S/C18H34N4O.HI/c1-13(2)9-18(6,7)12-22-16(19-8)21-11-15-20-10-14(23-15)17(3,4)5;/h10,13H,9,11-12H2,1-8H3,(H2,19,21,22);1H. The predicted octanol–water partition coefficient (Wildman–Crippen LogP) is 4.33. The van der Waals surface area contributed by atoms with Crippen molar-refractivity contribution < 1.29 is 4.42 Å². The van der Waals surface area contributed by atoms with E-state index in [0.29, 0.717) is 18.4 Å². The van der Waals surface area contributed by atoms with E-state index in [1.807, 2.05) is 0 Å². The van der Waals surface area contributed by atoms with Crippen molar-refractivity contribution in [2.45, 2.75) is 66.8 Å². The third-order valence-corrected chi connectivity index (χ3v) is 3.62. The van der Waals surface area contributed by atoms with Crippen LogP contribution in [0.3, 0.4) is 0 Å². The van der Waals surface area contributed by atoms with Gasteiger partial charge >= 0.3 is 0 Å². The van der Waals surface area contributed by atoms with Crippen molar-refractivity contribution in [2.75, 3.05) is 13.6 Å². The number of hydrogen-bond acceptors (Lipinski definition) is 3. The van der Waals surface area contributed by atoms with Gasteiger partial charge in [-0.1, -0.05) is 48.5 Å². The van der Waals surface area contributed by atoms with Crippen LogP contribution in [-0.4, -0.2) is 24.5 Å². The molecule has 0 saturated carbocycles. The third-order valence-electron chi connectivity index (χ3n) is 3.62. The van der Waals surface area contributed by atoms with Crippen molar-refractivity contribution in [3.8, 4) is 0 Å². The van der Waals surface area contributed by atoms with Crippen LogP contribution in [0.2, 0.25) is 0 Å². The maximum absolute atomic E-state index is 5.78. The summed E-state index contributed by atoms with van der Waals surface area (Å²) in [5.41, 5.74) is 0.209. The summed E-state index contributed by atoms with van der Waals surface area (Å²) in [6.45, 7) is 16.8. The van der Waals surface area contributed by atoms with Crippen LogP contribution in [0.1, 0.15) is 66.5 Å². The van der Waals surface area contributed by atoms with Crippen LogP contribution in [0.5, 0.6) is 0 Å². The Morgan fingerprint density at radius 1 is 1.21 bits per heavy atom. The molecule has 0 aliphatic carbocycles. The van der Waals surface area contributed by atoms with E-state index in [1.165, 1.54) is 6.42 Å². The maximum Gasteiger partial charge on any atom is 0.213 e. The number of oxazole rings is 1. The average molecular weight is 450 g/mol. The van der Waals surface area contributed by atoms with Crippen LogP contribution in [-0.2, 0) is 12.0 Å². The minimum absolute atomic E-state index is 0. The summed E-state index contributed by atoms with van der Waals surface area (Å²) in [5, 5.41) is 6.65. The zero-order valence-corrected chi connectivity index (χ0v) is 18.8. The van der Waals surface area contributed by atoms with Crippen molar-refractivity contribution in [1.82, 2.24) is 15.6 Å². The Morgan fingerprint density at radius 3 is 2.29 bits per heavy atom. The van der Waals surface area contributed by atoms with Gasteiger partial charge in [-0.15, -0.1) is 24.0 Å². The monoisotopic (exact) mass is 450 g/mol. The van der Waals surface area contributed by atoms with Crippen molar-refractivity contribution in [3.05, 3.63) is 17.8 Å². The molecule has 0 aliphatic heterocycles. The summed E-state index contributed by atoms with van der Waals surface area (Å²) >= 11 is 0. The molecule has 0 fully saturated rings. The van der Waals surface area contributed by atoms with Gasteiger partial charge in [-0.2, -0.15) is 0 Å². The minimum atomic E-state index is -0.0218. The fourth-order valence-corrected chi connectivity index (χ4v) is 2.62. The molecule has 24 heavy (non-hydrogen) atoms. The number of halogens is 1. The molecule has 0 radical (unpaired) electrons. The van der Waals surface area contributed by atoms with E-state index in [9.17, 15) is 0 Å². The van der Waals surface area contributed by atoms with E-state index in [2.05, 4.69) is 69.1 Å². The second kappa shape index (κ2) is 9.63. The first-order valence-corrected chi connectivity index (χ1v) is 8.43. The third kappa shape index (κ3) is 8.35. The summed E-state index contributed by atoms with van der Waals surface area (Å²) in [5.74, 6) is 3.04. The molecule has 6 heteroatoms. The zero-order chi connectivity index (χ0) is 17.7. The Morgan fingerprint density at radius 2 is 1.83 bits per heavy atom. The highest BCUT2D eigenvalue weighted by molar-refractivity contribution is 14.0. The van der Waals surface area contributed by atoms with Gasteiger partial charge in [0.15, 0.2) is 5.96 Å². The topological polar surface area (TPSA) is 62.5 Å². The lowest BCUT2D eigenvalue weighted by atomic mass is 9.84. The molecule has 1 aromatic rings. The Labute approximate surface area is 164 Å². The Hall–Kier alpha value is -0.790. The number of rotatable bonds is 6. The lowest BCUT2D eigenvalue weighted by Crippen LogP contribution is -2.42. The van der Waals surface area contributed by atoms with Crippen LogP contribution in [0.25, 0.3) is 0 Å². The predicted molar refractivity (Wildman–Crippen MR) is 112 cm³/mol. The van der Waals surface area contributed by atoms with Crippen LogP contribution in [0.4, 0.5) is 0 Å². The van der Waals surface area contributed by atoms with Crippen molar-refractivity contribution >= 4 is 29.9 Å². The number of aromatic nitrogens is 1. The second-order valence-corrected chi connectivity index (χ2v) is 8.41. The largest absolute Gasteiger partial charge is 0.443 e. The molecule has 1 heterocycles. The molecule has 0 saturated heterocycles. The first-order chi connectivity index (χ1) is 10.5. The number of nitrogens with zero attached hydrogens (tertiary/aromatic N) is 2. The van der Waals surface area contributed by atoms with Gasteiger partial charge in [-0.3, -0.25) is 4.99 Å². The number of nitrogens with one attached hydrogen (secondary N) is 2. The Balaban J connectivity index is 0.00000529. The lowest BCUT2D eigenvalue weighted by Gasteiger charge is -2.27. The van der Waals surface area contributed by atoms with E-state index in [1.54, 1.807) is 13.2 Å². The fourth-order valence-electron chi connectivity index (χ4n) is 2.62. The fraction of sp³-hybridized carbons (Fsp3) is 0.778. The number of hydrogen-bond donors (Lipinski definition) is 2. The van der Waals surface area contributed by atoms with Crippen LogP contribution in [0, 0.1) is 11.3 Å². The molecule has 1 aromatic heterocycles. The van der Waals surface area contributed by atoms with Crippen LogP contribution < -0.4 is 10.6 Å². The highest BCUT2D eigenvalue weighted by Crippen LogP contribution is 2.24. The minimum Gasteiger partial charge on any atom is -0.443 e. The zero-order valence-electron chi connectivity index (χ0n) is 16.5. The second-order valence-electron chi connectivity index (χ2n) is 8.41. The molecular weight excluding hydrogens is 415 g/mol. The van der Waals surface area contributed by atoms with Gasteiger partial charge in [0.05, 0.1) is 12.7 Å². The summed E-state index contributed by atoms with van der Waals surface area (Å²) in [6.07, 6.45) is 2.98. The van der Waals surface area contributed by atoms with Gasteiger partial charge < -0.3 is 15.1 Å². The molecule has 2 N–H and O–H groups in total. The molecule has 140 valence electrons. The molecule has 5 nitrogen and oxygen atoms in total. The van der Waals surface area contributed by atoms with E-state index in [4.69, 9.17) is 4.42 Å². The highest BCUT2D eigenvalue weighted by atomic mass is 127. The van der Waals surface area contributed by atoms with Crippen LogP contribution in [0.15, 0.2) is 15.6 Å². The van der Waals surface area contributed by atoms with Gasteiger partial charge in [-0.05, 0) is 17.8 Å². The molecule has 1 rings (SSSR count). The normalized spacial score (nSPS) is 13.0. The van der Waals surface area contributed by atoms with Gasteiger partial charge in [0.2, 0.25) is 5.89 Å². The maximum atomic E-state index is 5.78. The molecule has 0 bridgehead atoms. The average Bonchev–Trinajstić information content (AvgIpc) is 2.86. The molecule has 0 atom stereocenters. The number of guanidine groups is 1. The molecule has 0 unspecified atom stereocenters. The van der Waals surface area contributed by atoms with Crippen molar-refractivity contribution in [1.29, 1.82) is 0 Å². The molecule has 0 amide bonds. The van der Waals surface area contributed by atoms with Gasteiger partial charge in [-0.25, -0.2) is 4.98 Å². The Bertz CT molecular complexity index is 515. The highest BCUT2D eigenvalue weighted by Gasteiger charge is 2.21. The SMILES string of the molecule is CN=C(NCc1ncc(C(C)(C)C)o1)NCC(C)(C)CC(C)C.I. The van der Waals surface area contributed by atoms with E-state index < -0.39 is 0 Å². The molecule has 0 aliphatic rings. The summed E-state index contributed by atoms with van der Waals surface area (Å²) < 4.78 is 5.78. The van der Waals surface area contributed by atoms with E-state index in [-0.39, 0.29) is 34.8 Å². The summed E-state index contributed by atoms with van der Waals surface area (Å²) in [7, 11) is 1.78. The van der Waals surface area contributed by atoms with Crippen molar-refractivity contribution in [2.24, 2.45) is 16.3 Å². The van der Waals surface area contributed by atoms with Gasteiger partial charge in [0, 0.05) is 19.0 Å². The number of aliphatic imine (C=N–C) groups is 1. The van der Waals surface area contributed by atoms with Crippen LogP contribution >= 0.6 is 24.0 Å². The summed E-state index contributed by atoms with van der Waals surface area (Å²) in [4.78, 5) is 8.59. The lowest BCUT2D eigenvalue weighted by molar-refractivity contribution is 0.286. The van der Waals surface area contributed by atoms with Gasteiger partial charge in [0.25, 0.3) is 0 Å². The molecule has 0 spiro atoms. The quantitative estimate of drug-likeness (QED) is 0.385. The Kier molecular flexibility index (Phi) is 9.31. The van der Waals surface area contributed by atoms with E-state index >= 15 is 0 Å². The first-order valence-electron chi connectivity index (χ1n) is 8.43. The first kappa shape index (κ1) is 23.2. The smallest absolute Gasteiger partial charge is 0.213 e. The summed E-state index contributed by atoms with van der Waals surface area (Å²) in [6, 6.07) is 0. The van der Waals surface area contributed by atoms with Gasteiger partial charge in [0.1, 0.15) is 5.76 Å².